The summed E-state index contributed by atoms with van der Waals surface area (Å²) >= 11 is 0. The van der Waals surface area contributed by atoms with Crippen LogP contribution in [0.5, 0.6) is 0 Å². The van der Waals surface area contributed by atoms with Gasteiger partial charge in [-0.25, -0.2) is 0 Å². The van der Waals surface area contributed by atoms with Crippen molar-refractivity contribution in [3.8, 4) is 11.3 Å². The van der Waals surface area contributed by atoms with Crippen LogP contribution in [0.3, 0.4) is 0 Å². The number of morpholine rings is 1. The van der Waals surface area contributed by atoms with Crippen LogP contribution in [-0.2, 0) is 11.3 Å². The molecule has 0 bridgehead atoms. The Morgan fingerprint density at radius 3 is 2.62 bits per heavy atom. The molecule has 0 atom stereocenters. The molecule has 6 nitrogen and oxygen atoms in total. The average molecular weight is 385 g/mol. The molecular formula is C23H23N5O. The monoisotopic (exact) mass is 385 g/mol. The summed E-state index contributed by atoms with van der Waals surface area (Å²) in [4.78, 5) is 11.2. The number of ether oxygens (including phenoxy) is 1. The maximum Gasteiger partial charge on any atom is 0.0931 e. The van der Waals surface area contributed by atoms with Crippen LogP contribution < -0.4 is 4.90 Å². The Balaban J connectivity index is 1.31. The molecule has 5 rings (SSSR count). The summed E-state index contributed by atoms with van der Waals surface area (Å²) < 4.78 is 7.43. The summed E-state index contributed by atoms with van der Waals surface area (Å²) in [7, 11) is 0. The quantitative estimate of drug-likeness (QED) is 0.691. The van der Waals surface area contributed by atoms with Gasteiger partial charge < -0.3 is 9.64 Å². The van der Waals surface area contributed by atoms with Gasteiger partial charge in [0.15, 0.2) is 0 Å². The van der Waals surface area contributed by atoms with Gasteiger partial charge >= 0.3 is 0 Å². The molecule has 0 unspecified atom stereocenters. The third-order valence-corrected chi connectivity index (χ3v) is 5.27. The summed E-state index contributed by atoms with van der Waals surface area (Å²) in [5.74, 6) is 0. The number of fused-ring (bicyclic) bond motifs is 1. The van der Waals surface area contributed by atoms with E-state index >= 15 is 0 Å². The zero-order valence-electron chi connectivity index (χ0n) is 16.2. The standard InChI is InChI=1S/C23H23N5O/c1(18-2-5-21(6-3-18)27-11-13-29-14-12-27)4-20-15-19(7-8-25-20)23-16-22-17-24-9-10-28(22)26-23/h1-8,15-17H,9-14H2/b4-1+. The molecule has 0 saturated carbocycles. The molecule has 2 aromatic heterocycles. The van der Waals surface area contributed by atoms with E-state index in [1.54, 1.807) is 0 Å². The van der Waals surface area contributed by atoms with Gasteiger partial charge in [0, 0.05) is 36.8 Å². The average Bonchev–Trinajstić information content (AvgIpc) is 3.23. The van der Waals surface area contributed by atoms with Crippen LogP contribution in [0.4, 0.5) is 5.69 Å². The third kappa shape index (κ3) is 3.98. The SMILES string of the molecule is C1=NCCn2nc(-c3ccnc(/C=C/c4ccc(N5CCOCC5)cc4)c3)cc21. The lowest BCUT2D eigenvalue weighted by Gasteiger charge is -2.28. The van der Waals surface area contributed by atoms with Gasteiger partial charge in [0.2, 0.25) is 0 Å². The molecule has 4 heterocycles. The van der Waals surface area contributed by atoms with Crippen LogP contribution >= 0.6 is 0 Å². The molecule has 0 radical (unpaired) electrons. The number of aliphatic imine (C=N–C) groups is 1. The predicted molar refractivity (Wildman–Crippen MR) is 116 cm³/mol. The third-order valence-electron chi connectivity index (χ3n) is 5.27. The van der Waals surface area contributed by atoms with Crippen LogP contribution in [0.1, 0.15) is 17.0 Å². The second kappa shape index (κ2) is 8.01. The van der Waals surface area contributed by atoms with Gasteiger partial charge in [-0.1, -0.05) is 18.2 Å². The molecule has 6 heteroatoms. The molecule has 29 heavy (non-hydrogen) atoms. The summed E-state index contributed by atoms with van der Waals surface area (Å²) in [5, 5.41) is 4.69. The zero-order chi connectivity index (χ0) is 19.5. The fourth-order valence-electron chi connectivity index (χ4n) is 3.66. The first-order valence-electron chi connectivity index (χ1n) is 10.0. The van der Waals surface area contributed by atoms with Crippen molar-refractivity contribution in [3.05, 3.63) is 65.6 Å². The van der Waals surface area contributed by atoms with Crippen molar-refractivity contribution >= 4 is 24.1 Å². The minimum Gasteiger partial charge on any atom is -0.378 e. The largest absolute Gasteiger partial charge is 0.378 e. The van der Waals surface area contributed by atoms with E-state index in [1.807, 2.05) is 29.2 Å². The number of hydrogen-bond acceptors (Lipinski definition) is 5. The zero-order valence-corrected chi connectivity index (χ0v) is 16.2. The molecule has 1 aromatic carbocycles. The molecule has 0 spiro atoms. The van der Waals surface area contributed by atoms with Gasteiger partial charge in [0.1, 0.15) is 0 Å². The van der Waals surface area contributed by atoms with Crippen LogP contribution in [0.15, 0.2) is 53.7 Å². The lowest BCUT2D eigenvalue weighted by molar-refractivity contribution is 0.122. The molecular weight excluding hydrogens is 362 g/mol. The predicted octanol–water partition coefficient (Wildman–Crippen LogP) is 3.38. The van der Waals surface area contributed by atoms with Crippen LogP contribution in [0.25, 0.3) is 23.4 Å². The lowest BCUT2D eigenvalue weighted by atomic mass is 10.1. The molecule has 2 aliphatic rings. The molecule has 1 saturated heterocycles. The maximum atomic E-state index is 5.43. The van der Waals surface area contributed by atoms with Crippen molar-refractivity contribution in [1.29, 1.82) is 0 Å². The fourth-order valence-corrected chi connectivity index (χ4v) is 3.66. The van der Waals surface area contributed by atoms with Gasteiger partial charge in [-0.2, -0.15) is 5.10 Å². The second-order valence-corrected chi connectivity index (χ2v) is 7.21. The Bertz CT molecular complexity index is 1050. The van der Waals surface area contributed by atoms with Crippen molar-refractivity contribution in [2.75, 3.05) is 37.7 Å². The summed E-state index contributed by atoms with van der Waals surface area (Å²) in [5.41, 5.74) is 6.40. The number of nitrogens with zero attached hydrogens (tertiary/aromatic N) is 5. The Labute approximate surface area is 170 Å². The van der Waals surface area contributed by atoms with Gasteiger partial charge in [-0.05, 0) is 42.0 Å². The Kier molecular flexibility index (Phi) is 4.92. The molecule has 146 valence electrons. The maximum absolute atomic E-state index is 5.43. The molecule has 1 fully saturated rings. The van der Waals surface area contributed by atoms with Crippen LogP contribution in [0, 0.1) is 0 Å². The number of hydrogen-bond donors (Lipinski definition) is 0. The molecule has 0 N–H and O–H groups in total. The van der Waals surface area contributed by atoms with Gasteiger partial charge in [0.25, 0.3) is 0 Å². The highest BCUT2D eigenvalue weighted by atomic mass is 16.5. The van der Waals surface area contributed by atoms with Crippen molar-refractivity contribution < 1.29 is 4.74 Å². The van der Waals surface area contributed by atoms with E-state index in [-0.39, 0.29) is 0 Å². The van der Waals surface area contributed by atoms with Crippen LogP contribution in [-0.4, -0.2) is 53.8 Å². The van der Waals surface area contributed by atoms with Crippen molar-refractivity contribution in [1.82, 2.24) is 14.8 Å². The lowest BCUT2D eigenvalue weighted by Crippen LogP contribution is -2.36. The first-order chi connectivity index (χ1) is 14.3. The number of benzene rings is 1. The highest BCUT2D eigenvalue weighted by Crippen LogP contribution is 2.21. The molecule has 3 aromatic rings. The Morgan fingerprint density at radius 2 is 1.79 bits per heavy atom. The van der Waals surface area contributed by atoms with E-state index in [0.717, 1.165) is 67.6 Å². The van der Waals surface area contributed by atoms with E-state index < -0.39 is 0 Å². The van der Waals surface area contributed by atoms with E-state index in [9.17, 15) is 0 Å². The van der Waals surface area contributed by atoms with E-state index in [0.29, 0.717) is 0 Å². The summed E-state index contributed by atoms with van der Waals surface area (Å²) in [6.07, 6.45) is 7.87. The topological polar surface area (TPSA) is 55.5 Å². The molecule has 0 aliphatic carbocycles. The van der Waals surface area contributed by atoms with Crippen molar-refractivity contribution in [2.24, 2.45) is 4.99 Å². The highest BCUT2D eigenvalue weighted by Gasteiger charge is 2.11. The summed E-state index contributed by atoms with van der Waals surface area (Å²) in [6.45, 7) is 5.14. The Morgan fingerprint density at radius 1 is 0.931 bits per heavy atom. The molecule has 0 amide bonds. The van der Waals surface area contributed by atoms with Gasteiger partial charge in [0.05, 0.1) is 43.4 Å². The van der Waals surface area contributed by atoms with Crippen molar-refractivity contribution in [3.63, 3.8) is 0 Å². The first kappa shape index (κ1) is 17.8. The smallest absolute Gasteiger partial charge is 0.0931 e. The normalized spacial score (nSPS) is 16.3. The van der Waals surface area contributed by atoms with Gasteiger partial charge in [-0.3, -0.25) is 14.7 Å². The summed E-state index contributed by atoms with van der Waals surface area (Å²) in [6, 6.07) is 14.8. The second-order valence-electron chi connectivity index (χ2n) is 7.21. The van der Waals surface area contributed by atoms with E-state index in [1.165, 1.54) is 5.69 Å². The number of aromatic nitrogens is 3. The van der Waals surface area contributed by atoms with E-state index in [4.69, 9.17) is 9.84 Å². The number of anilines is 1. The fraction of sp³-hybridized carbons (Fsp3) is 0.261. The number of rotatable bonds is 4. The number of pyridine rings is 1. The first-order valence-corrected chi connectivity index (χ1v) is 10.0. The minimum absolute atomic E-state index is 0.794. The van der Waals surface area contributed by atoms with Crippen molar-refractivity contribution in [2.45, 2.75) is 6.54 Å². The Hall–Kier alpha value is -3.25. The molecule has 2 aliphatic heterocycles. The van der Waals surface area contributed by atoms with Gasteiger partial charge in [-0.15, -0.1) is 0 Å². The highest BCUT2D eigenvalue weighted by molar-refractivity contribution is 5.81. The van der Waals surface area contributed by atoms with Crippen LogP contribution in [0.2, 0.25) is 0 Å². The minimum atomic E-state index is 0.794. The van der Waals surface area contributed by atoms with E-state index in [2.05, 4.69) is 57.4 Å².